The Morgan fingerprint density at radius 1 is 1.29 bits per heavy atom. The van der Waals surface area contributed by atoms with Gasteiger partial charge < -0.3 is 5.32 Å². The Kier molecular flexibility index (Phi) is 5.73. The number of halogens is 3. The molecule has 1 rings (SSSR count). The second kappa shape index (κ2) is 6.59. The summed E-state index contributed by atoms with van der Waals surface area (Å²) in [6.07, 6.45) is 0.370. The van der Waals surface area contributed by atoms with Gasteiger partial charge >= 0.3 is 0 Å². The summed E-state index contributed by atoms with van der Waals surface area (Å²) in [7, 11) is -1.52. The zero-order valence-electron chi connectivity index (χ0n) is 8.61. The van der Waals surface area contributed by atoms with Gasteiger partial charge in [-0.05, 0) is 5.56 Å². The second-order valence-corrected chi connectivity index (χ2v) is 7.11. The number of carbonyl (C=O) groups is 1. The van der Waals surface area contributed by atoms with Gasteiger partial charge in [-0.3, -0.25) is 9.00 Å². The summed E-state index contributed by atoms with van der Waals surface area (Å²) in [4.78, 5) is 10.4. The van der Waals surface area contributed by atoms with E-state index in [4.69, 9.17) is 34.8 Å². The van der Waals surface area contributed by atoms with Crippen LogP contribution in [-0.2, 0) is 21.3 Å². The van der Waals surface area contributed by atoms with E-state index in [1.54, 1.807) is 0 Å². The molecule has 0 heterocycles. The van der Waals surface area contributed by atoms with Gasteiger partial charge in [-0.2, -0.15) is 0 Å². The average Bonchev–Trinajstić information content (AvgIpc) is 2.25. The van der Waals surface area contributed by atoms with Gasteiger partial charge in [-0.15, -0.1) is 0 Å². The van der Waals surface area contributed by atoms with Crippen molar-refractivity contribution in [2.24, 2.45) is 0 Å². The smallest absolute Gasteiger partial charge is 0.222 e. The van der Waals surface area contributed by atoms with Gasteiger partial charge in [0.1, 0.15) is 0 Å². The van der Waals surface area contributed by atoms with Gasteiger partial charge in [0, 0.05) is 0 Å². The highest BCUT2D eigenvalue weighted by atomic mass is 35.6. The first-order valence-corrected chi connectivity index (χ1v) is 7.14. The summed E-state index contributed by atoms with van der Waals surface area (Å²) in [6.45, 7) is 0. The first kappa shape index (κ1) is 14.8. The Balaban J connectivity index is 2.76. The average molecular weight is 315 g/mol. The molecule has 1 aromatic carbocycles. The number of hydrogen-bond donors (Lipinski definition) is 1. The van der Waals surface area contributed by atoms with E-state index in [1.807, 2.05) is 30.3 Å². The van der Waals surface area contributed by atoms with Crippen LogP contribution >= 0.6 is 34.8 Å². The normalized spacial score (nSPS) is 15.0. The van der Waals surface area contributed by atoms with Crippen molar-refractivity contribution in [1.29, 1.82) is 0 Å². The molecular formula is C10H10Cl3NO2S. The highest BCUT2D eigenvalue weighted by Gasteiger charge is 2.37. The van der Waals surface area contributed by atoms with Crippen LogP contribution in [0.2, 0.25) is 0 Å². The minimum atomic E-state index is -1.81. The molecule has 2 unspecified atom stereocenters. The first-order chi connectivity index (χ1) is 7.95. The molecule has 0 aliphatic rings. The molecule has 0 aliphatic carbocycles. The highest BCUT2D eigenvalue weighted by molar-refractivity contribution is 7.85. The Morgan fingerprint density at radius 2 is 1.88 bits per heavy atom. The van der Waals surface area contributed by atoms with Crippen molar-refractivity contribution in [3.63, 3.8) is 0 Å². The molecule has 0 spiro atoms. The van der Waals surface area contributed by atoms with Crippen molar-refractivity contribution >= 4 is 52.0 Å². The molecule has 2 atom stereocenters. The summed E-state index contributed by atoms with van der Waals surface area (Å²) in [5.74, 6) is 0.209. The number of carbonyl (C=O) groups excluding carboxylic acids is 1. The Labute approximate surface area is 117 Å². The van der Waals surface area contributed by atoms with Gasteiger partial charge in [0.25, 0.3) is 0 Å². The Bertz CT molecular complexity index is 394. The molecule has 0 bridgehead atoms. The number of alkyl halides is 3. The number of nitrogens with one attached hydrogen (secondary N) is 1. The van der Waals surface area contributed by atoms with Crippen LogP contribution in [0.15, 0.2) is 30.3 Å². The van der Waals surface area contributed by atoms with E-state index in [2.05, 4.69) is 5.32 Å². The lowest BCUT2D eigenvalue weighted by molar-refractivity contribution is -0.109. The third-order valence-corrected chi connectivity index (χ3v) is 4.61. The van der Waals surface area contributed by atoms with E-state index in [9.17, 15) is 9.00 Å². The summed E-state index contributed by atoms with van der Waals surface area (Å²) in [6, 6.07) is 9.12. The largest absolute Gasteiger partial charge is 0.341 e. The van der Waals surface area contributed by atoms with E-state index in [1.165, 1.54) is 0 Å². The first-order valence-electron chi connectivity index (χ1n) is 4.62. The van der Waals surface area contributed by atoms with Crippen LogP contribution in [0.4, 0.5) is 0 Å². The standard InChI is InChI=1S/C10H10Cl3NO2S/c11-10(12,13)9(14-7-15)17(16)6-8-4-2-1-3-5-8/h1-5,7,9H,6H2,(H,14,15). The number of rotatable bonds is 5. The molecule has 94 valence electrons. The fourth-order valence-electron chi connectivity index (χ4n) is 1.20. The molecule has 0 saturated heterocycles. The van der Waals surface area contributed by atoms with E-state index < -0.39 is 20.0 Å². The predicted octanol–water partition coefficient (Wildman–Crippen LogP) is 2.38. The van der Waals surface area contributed by atoms with Crippen molar-refractivity contribution < 1.29 is 9.00 Å². The lowest BCUT2D eigenvalue weighted by Crippen LogP contribution is -2.43. The number of hydrogen-bond acceptors (Lipinski definition) is 2. The van der Waals surface area contributed by atoms with Gasteiger partial charge in [-0.25, -0.2) is 0 Å². The molecule has 0 radical (unpaired) electrons. The van der Waals surface area contributed by atoms with Crippen molar-refractivity contribution in [3.8, 4) is 0 Å². The highest BCUT2D eigenvalue weighted by Crippen LogP contribution is 2.32. The van der Waals surface area contributed by atoms with Crippen molar-refractivity contribution in [3.05, 3.63) is 35.9 Å². The minimum Gasteiger partial charge on any atom is -0.341 e. The topological polar surface area (TPSA) is 46.2 Å². The van der Waals surface area contributed by atoms with E-state index in [0.29, 0.717) is 6.41 Å². The van der Waals surface area contributed by atoms with E-state index in [-0.39, 0.29) is 5.75 Å². The van der Waals surface area contributed by atoms with Crippen LogP contribution in [0.25, 0.3) is 0 Å². The lowest BCUT2D eigenvalue weighted by atomic mass is 10.2. The monoisotopic (exact) mass is 313 g/mol. The lowest BCUT2D eigenvalue weighted by Gasteiger charge is -2.22. The molecule has 17 heavy (non-hydrogen) atoms. The zero-order valence-corrected chi connectivity index (χ0v) is 11.7. The van der Waals surface area contributed by atoms with E-state index in [0.717, 1.165) is 5.56 Å². The summed E-state index contributed by atoms with van der Waals surface area (Å²) < 4.78 is 10.2. The molecule has 1 N–H and O–H groups in total. The summed E-state index contributed by atoms with van der Waals surface area (Å²) >= 11 is 17.0. The maximum Gasteiger partial charge on any atom is 0.222 e. The quantitative estimate of drug-likeness (QED) is 0.670. The van der Waals surface area contributed by atoms with Gasteiger partial charge in [0.15, 0.2) is 5.37 Å². The molecule has 0 fully saturated rings. The Morgan fingerprint density at radius 3 is 2.35 bits per heavy atom. The Hall–Kier alpha value is -0.290. The predicted molar refractivity (Wildman–Crippen MR) is 71.6 cm³/mol. The molecule has 7 heteroatoms. The van der Waals surface area contributed by atoms with Crippen LogP contribution in [0, 0.1) is 0 Å². The zero-order chi connectivity index (χ0) is 12.9. The van der Waals surface area contributed by atoms with Gasteiger partial charge in [0.2, 0.25) is 10.2 Å². The van der Waals surface area contributed by atoms with Crippen molar-refractivity contribution in [2.45, 2.75) is 14.9 Å². The molecule has 0 saturated carbocycles. The molecule has 1 aromatic rings. The van der Waals surface area contributed by atoms with Crippen LogP contribution in [0.5, 0.6) is 0 Å². The summed E-state index contributed by atoms with van der Waals surface area (Å²) in [5.41, 5.74) is 0.845. The van der Waals surface area contributed by atoms with Gasteiger partial charge in [0.05, 0.1) is 16.6 Å². The maximum atomic E-state index is 12.0. The SMILES string of the molecule is O=CNC(S(=O)Cc1ccccc1)C(Cl)(Cl)Cl. The van der Waals surface area contributed by atoms with E-state index >= 15 is 0 Å². The van der Waals surface area contributed by atoms with Crippen LogP contribution < -0.4 is 5.32 Å². The molecule has 1 amide bonds. The van der Waals surface area contributed by atoms with Crippen molar-refractivity contribution in [2.75, 3.05) is 0 Å². The second-order valence-electron chi connectivity index (χ2n) is 3.22. The van der Waals surface area contributed by atoms with Crippen molar-refractivity contribution in [1.82, 2.24) is 5.32 Å². The molecule has 0 aliphatic heterocycles. The van der Waals surface area contributed by atoms with Crippen LogP contribution in [-0.4, -0.2) is 19.8 Å². The molecule has 0 aromatic heterocycles. The molecular weight excluding hydrogens is 305 g/mol. The fourth-order valence-corrected chi connectivity index (χ4v) is 3.48. The van der Waals surface area contributed by atoms with Crippen LogP contribution in [0.1, 0.15) is 5.56 Å². The molecule has 3 nitrogen and oxygen atoms in total. The summed E-state index contributed by atoms with van der Waals surface area (Å²) in [5, 5.41) is 1.23. The van der Waals surface area contributed by atoms with Gasteiger partial charge in [-0.1, -0.05) is 65.1 Å². The third-order valence-electron chi connectivity index (χ3n) is 1.93. The minimum absolute atomic E-state index is 0.209. The number of amides is 1. The number of benzene rings is 1. The fraction of sp³-hybridized carbons (Fsp3) is 0.300. The van der Waals surface area contributed by atoms with Crippen LogP contribution in [0.3, 0.4) is 0 Å². The maximum absolute atomic E-state index is 12.0. The third kappa shape index (κ3) is 4.84.